The first-order valence-electron chi connectivity index (χ1n) is 15.5. The first-order chi connectivity index (χ1) is 23.7. The van der Waals surface area contributed by atoms with Crippen LogP contribution < -0.4 is 33.9 Å². The average Bonchev–Trinajstić information content (AvgIpc) is 3.11. The number of nitrogens with one attached hydrogen (secondary N) is 1. The first kappa shape index (κ1) is 42.4. The molecule has 13 nitrogen and oxygen atoms in total. The second-order valence-corrected chi connectivity index (χ2v) is 11.1. The summed E-state index contributed by atoms with van der Waals surface area (Å²) < 4.78 is 25.1. The number of hydrogen-bond donors (Lipinski definition) is 1. The van der Waals surface area contributed by atoms with Gasteiger partial charge in [0.05, 0.1) is 35.5 Å². The molecule has 0 aliphatic rings. The maximum Gasteiger partial charge on any atom is 0.319 e. The van der Waals surface area contributed by atoms with Crippen LogP contribution in [0.25, 0.3) is 5.70 Å². The third kappa shape index (κ3) is 13.1. The van der Waals surface area contributed by atoms with Crippen LogP contribution in [-0.2, 0) is 0 Å². The van der Waals surface area contributed by atoms with Gasteiger partial charge in [0, 0.05) is 70.0 Å². The fraction of sp³-hybridized carbons (Fsp3) is 0.378. The van der Waals surface area contributed by atoms with E-state index in [1.165, 1.54) is 7.11 Å². The molecule has 0 aliphatic carbocycles. The minimum absolute atomic E-state index is 0.00996. The predicted octanol–water partition coefficient (Wildman–Crippen LogP) is 5.56. The highest BCUT2D eigenvalue weighted by molar-refractivity contribution is 5.94. The zero-order chi connectivity index (χ0) is 38.0. The summed E-state index contributed by atoms with van der Waals surface area (Å²) in [6, 6.07) is 11.7. The Kier molecular flexibility index (Phi) is 18.2. The summed E-state index contributed by atoms with van der Waals surface area (Å²) in [6.45, 7) is 11.6. The monoisotopic (exact) mass is 691 g/mol. The number of ether oxygens (including phenoxy) is 5. The van der Waals surface area contributed by atoms with Crippen molar-refractivity contribution in [3.63, 3.8) is 0 Å². The quantitative estimate of drug-likeness (QED) is 0.236. The Balaban J connectivity index is 0.000000335. The van der Waals surface area contributed by atoms with Gasteiger partial charge in [0.2, 0.25) is 17.7 Å². The van der Waals surface area contributed by atoms with E-state index in [1.54, 1.807) is 65.9 Å². The van der Waals surface area contributed by atoms with Crippen molar-refractivity contribution >= 4 is 17.6 Å². The van der Waals surface area contributed by atoms with Gasteiger partial charge in [-0.25, -0.2) is 9.97 Å². The van der Waals surface area contributed by atoms with Gasteiger partial charge in [-0.05, 0) is 80.8 Å². The van der Waals surface area contributed by atoms with Crippen LogP contribution >= 0.6 is 0 Å². The Bertz CT molecular complexity index is 1680. The van der Waals surface area contributed by atoms with Crippen LogP contribution in [0.4, 0.5) is 5.95 Å². The maximum absolute atomic E-state index is 11.6. The number of methoxy groups -OCH3 is 5. The molecule has 2 heterocycles. The van der Waals surface area contributed by atoms with E-state index in [2.05, 4.69) is 37.9 Å². The van der Waals surface area contributed by atoms with Gasteiger partial charge < -0.3 is 38.8 Å². The minimum atomic E-state index is 0.00996. The number of amides is 1. The zero-order valence-electron chi connectivity index (χ0n) is 32.0. The standard InChI is InChI=1S/C11H15NO2.C11H15NO.C8H13N3O.C7H10N2O2/c1-8-7-9(11(13)12(2)3)5-6-10(8)14-4;1-8-7-10(9(2)12-3)5-6-11(8)13-4;1-6-5-9-8(11(2)3)10-7(6)12-4;1-5-4-8-7(11-3)9-6(5)10-2/h5-7H,1-4H3;5-7,12H,2H2,1,3-4H3;5H,1-4H3;4H,1-3H3. The molecule has 4 aromatic rings. The summed E-state index contributed by atoms with van der Waals surface area (Å²) in [5.41, 5.74) is 6.65. The van der Waals surface area contributed by atoms with E-state index < -0.39 is 0 Å². The lowest BCUT2D eigenvalue weighted by Gasteiger charge is -2.11. The van der Waals surface area contributed by atoms with E-state index in [0.717, 1.165) is 45.0 Å². The Morgan fingerprint density at radius 3 is 1.56 bits per heavy atom. The molecule has 0 bridgehead atoms. The van der Waals surface area contributed by atoms with Crippen LogP contribution in [0, 0.1) is 27.7 Å². The van der Waals surface area contributed by atoms with E-state index in [4.69, 9.17) is 23.7 Å². The minimum Gasteiger partial charge on any atom is -0.496 e. The fourth-order valence-electron chi connectivity index (χ4n) is 4.04. The summed E-state index contributed by atoms with van der Waals surface area (Å²) in [5, 5.41) is 3.01. The van der Waals surface area contributed by atoms with Gasteiger partial charge in [-0.1, -0.05) is 6.58 Å². The number of hydrogen-bond acceptors (Lipinski definition) is 12. The molecule has 0 aliphatic heterocycles. The number of aryl methyl sites for hydroxylation is 4. The van der Waals surface area contributed by atoms with Crippen molar-refractivity contribution in [2.75, 3.05) is 75.7 Å². The molecule has 0 radical (unpaired) electrons. The van der Waals surface area contributed by atoms with Crippen molar-refractivity contribution in [3.05, 3.63) is 88.8 Å². The van der Waals surface area contributed by atoms with E-state index in [1.807, 2.05) is 78.0 Å². The molecule has 13 heteroatoms. The second-order valence-electron chi connectivity index (χ2n) is 11.1. The largest absolute Gasteiger partial charge is 0.496 e. The van der Waals surface area contributed by atoms with Gasteiger partial charge in [-0.15, -0.1) is 0 Å². The molecule has 4 rings (SSSR count). The lowest BCUT2D eigenvalue weighted by Crippen LogP contribution is -2.21. The Morgan fingerprint density at radius 1 is 0.660 bits per heavy atom. The van der Waals surface area contributed by atoms with Crippen molar-refractivity contribution in [2.45, 2.75) is 27.7 Å². The van der Waals surface area contributed by atoms with Gasteiger partial charge in [0.15, 0.2) is 0 Å². The van der Waals surface area contributed by atoms with Crippen LogP contribution in [0.1, 0.15) is 38.2 Å². The van der Waals surface area contributed by atoms with Crippen LogP contribution in [-0.4, -0.2) is 102 Å². The van der Waals surface area contributed by atoms with Crippen molar-refractivity contribution in [1.29, 1.82) is 0 Å². The summed E-state index contributed by atoms with van der Waals surface area (Å²) >= 11 is 0. The molecule has 0 spiro atoms. The van der Waals surface area contributed by atoms with E-state index >= 15 is 0 Å². The number of aromatic nitrogens is 4. The van der Waals surface area contributed by atoms with Gasteiger partial charge >= 0.3 is 6.01 Å². The van der Waals surface area contributed by atoms with Crippen LogP contribution in [0.15, 0.2) is 55.4 Å². The molecule has 2 aromatic heterocycles. The highest BCUT2D eigenvalue weighted by Gasteiger charge is 2.09. The van der Waals surface area contributed by atoms with E-state index in [9.17, 15) is 4.79 Å². The number of anilines is 1. The van der Waals surface area contributed by atoms with Crippen molar-refractivity contribution in [2.24, 2.45) is 0 Å². The van der Waals surface area contributed by atoms with Crippen LogP contribution in [0.5, 0.6) is 29.3 Å². The molecule has 1 amide bonds. The molecule has 0 saturated carbocycles. The van der Waals surface area contributed by atoms with E-state index in [-0.39, 0.29) is 5.91 Å². The third-order valence-electron chi connectivity index (χ3n) is 6.88. The Morgan fingerprint density at radius 2 is 1.14 bits per heavy atom. The molecule has 50 heavy (non-hydrogen) atoms. The Labute approximate surface area is 297 Å². The fourth-order valence-corrected chi connectivity index (χ4v) is 4.04. The third-order valence-corrected chi connectivity index (χ3v) is 6.88. The molecular weight excluding hydrogens is 638 g/mol. The molecular formula is C37H53N7O6. The highest BCUT2D eigenvalue weighted by atomic mass is 16.5. The van der Waals surface area contributed by atoms with Crippen LogP contribution in [0.2, 0.25) is 0 Å². The molecule has 0 atom stereocenters. The first-order valence-corrected chi connectivity index (χ1v) is 15.5. The number of benzene rings is 2. The highest BCUT2D eigenvalue weighted by Crippen LogP contribution is 2.21. The lowest BCUT2D eigenvalue weighted by atomic mass is 10.1. The van der Waals surface area contributed by atoms with Gasteiger partial charge in [-0.2, -0.15) is 9.97 Å². The second kappa shape index (κ2) is 21.4. The van der Waals surface area contributed by atoms with Gasteiger partial charge in [0.25, 0.3) is 5.91 Å². The molecule has 2 aromatic carbocycles. The number of carbonyl (C=O) groups excluding carboxylic acids is 1. The van der Waals surface area contributed by atoms with Crippen molar-refractivity contribution in [3.8, 4) is 29.3 Å². The summed E-state index contributed by atoms with van der Waals surface area (Å²) in [4.78, 5) is 31.1. The summed E-state index contributed by atoms with van der Waals surface area (Å²) in [7, 11) is 17.1. The normalized spacial score (nSPS) is 9.56. The van der Waals surface area contributed by atoms with Crippen molar-refractivity contribution < 1.29 is 28.5 Å². The molecule has 0 unspecified atom stereocenters. The van der Waals surface area contributed by atoms with E-state index in [0.29, 0.717) is 29.3 Å². The molecule has 272 valence electrons. The summed E-state index contributed by atoms with van der Waals surface area (Å²) in [5.74, 6) is 3.58. The lowest BCUT2D eigenvalue weighted by molar-refractivity contribution is 0.0827. The van der Waals surface area contributed by atoms with Crippen molar-refractivity contribution in [1.82, 2.24) is 30.2 Å². The molecule has 1 N–H and O–H groups in total. The number of rotatable bonds is 9. The van der Waals surface area contributed by atoms with Gasteiger partial charge in [0.1, 0.15) is 11.5 Å². The van der Waals surface area contributed by atoms with Crippen LogP contribution in [0.3, 0.4) is 0 Å². The number of nitrogens with zero attached hydrogens (tertiary/aromatic N) is 6. The SMILES string of the molecule is C=C(NC)c1ccc(OC)c(C)c1.COc1ccc(C(=O)N(C)C)cc1C.COc1nc(N(C)C)ncc1C.COc1ncc(C)c(OC)n1. The predicted molar refractivity (Wildman–Crippen MR) is 199 cm³/mol. The zero-order valence-corrected chi connectivity index (χ0v) is 32.0. The van der Waals surface area contributed by atoms with Gasteiger partial charge in [-0.3, -0.25) is 4.79 Å². The Hall–Kier alpha value is -5.59. The topological polar surface area (TPSA) is 133 Å². The number of carbonyl (C=O) groups is 1. The average molecular weight is 692 g/mol. The maximum atomic E-state index is 11.6. The molecule has 0 fully saturated rings. The summed E-state index contributed by atoms with van der Waals surface area (Å²) in [6.07, 6.45) is 3.41. The molecule has 0 saturated heterocycles. The smallest absolute Gasteiger partial charge is 0.319 e.